The van der Waals surface area contributed by atoms with E-state index in [4.69, 9.17) is 0 Å². The zero-order chi connectivity index (χ0) is 15.3. The molecule has 0 unspecified atom stereocenters. The SMILES string of the molecule is CCCN1CCN(S(=O)(=O)c2ccc(CNC)cn2)CC1. The lowest BCUT2D eigenvalue weighted by Crippen LogP contribution is -2.48. The van der Waals surface area contributed by atoms with Gasteiger partial charge in [-0.05, 0) is 31.6 Å². The summed E-state index contributed by atoms with van der Waals surface area (Å²) in [5, 5.41) is 3.16. The van der Waals surface area contributed by atoms with Gasteiger partial charge in [0.05, 0.1) is 0 Å². The summed E-state index contributed by atoms with van der Waals surface area (Å²) in [6.07, 6.45) is 2.72. The molecule has 0 amide bonds. The fourth-order valence-corrected chi connectivity index (χ4v) is 3.85. The van der Waals surface area contributed by atoms with E-state index in [1.54, 1.807) is 16.6 Å². The third-order valence-electron chi connectivity index (χ3n) is 3.65. The molecule has 1 aliphatic heterocycles. The van der Waals surface area contributed by atoms with Crippen LogP contribution in [0.15, 0.2) is 23.4 Å². The Balaban J connectivity index is 2.04. The Morgan fingerprint density at radius 2 is 1.95 bits per heavy atom. The van der Waals surface area contributed by atoms with Crippen molar-refractivity contribution in [3.63, 3.8) is 0 Å². The number of piperazine rings is 1. The Morgan fingerprint density at radius 3 is 2.48 bits per heavy atom. The standard InChI is InChI=1S/C14H24N4O2S/c1-3-6-17-7-9-18(10-8-17)21(19,20)14-5-4-13(11-15-2)12-16-14/h4-5,12,15H,3,6-11H2,1-2H3. The molecular formula is C14H24N4O2S. The van der Waals surface area contributed by atoms with Crippen molar-refractivity contribution in [3.8, 4) is 0 Å². The summed E-state index contributed by atoms with van der Waals surface area (Å²) < 4.78 is 26.6. The number of nitrogens with zero attached hydrogens (tertiary/aromatic N) is 3. The Kier molecular flexibility index (Phi) is 5.69. The summed E-state index contributed by atoms with van der Waals surface area (Å²) in [4.78, 5) is 6.42. The molecule has 1 aromatic rings. The van der Waals surface area contributed by atoms with Crippen molar-refractivity contribution in [2.45, 2.75) is 24.9 Å². The monoisotopic (exact) mass is 312 g/mol. The van der Waals surface area contributed by atoms with Gasteiger partial charge >= 0.3 is 0 Å². The van der Waals surface area contributed by atoms with Crippen LogP contribution in [0.2, 0.25) is 0 Å². The highest BCUT2D eigenvalue weighted by molar-refractivity contribution is 7.89. The van der Waals surface area contributed by atoms with Crippen LogP contribution in [0.1, 0.15) is 18.9 Å². The number of sulfonamides is 1. The van der Waals surface area contributed by atoms with E-state index in [0.717, 1.165) is 31.6 Å². The van der Waals surface area contributed by atoms with E-state index >= 15 is 0 Å². The van der Waals surface area contributed by atoms with Crippen LogP contribution in [0.25, 0.3) is 0 Å². The van der Waals surface area contributed by atoms with Crippen molar-refractivity contribution in [2.75, 3.05) is 39.8 Å². The first-order valence-corrected chi connectivity index (χ1v) is 8.84. The van der Waals surface area contributed by atoms with Crippen molar-refractivity contribution in [1.82, 2.24) is 19.5 Å². The normalized spacial score (nSPS) is 18.0. The van der Waals surface area contributed by atoms with Crippen LogP contribution in [-0.2, 0) is 16.6 Å². The summed E-state index contributed by atoms with van der Waals surface area (Å²) in [5.74, 6) is 0. The number of hydrogen-bond donors (Lipinski definition) is 1. The summed E-state index contributed by atoms with van der Waals surface area (Å²) in [5.41, 5.74) is 0.976. The van der Waals surface area contributed by atoms with Gasteiger partial charge in [-0.1, -0.05) is 13.0 Å². The average Bonchev–Trinajstić information content (AvgIpc) is 2.49. The largest absolute Gasteiger partial charge is 0.316 e. The number of hydrogen-bond acceptors (Lipinski definition) is 5. The van der Waals surface area contributed by atoms with Gasteiger partial charge in [-0.3, -0.25) is 0 Å². The van der Waals surface area contributed by atoms with Gasteiger partial charge in [0.1, 0.15) is 0 Å². The van der Waals surface area contributed by atoms with E-state index in [0.29, 0.717) is 19.6 Å². The van der Waals surface area contributed by atoms with Crippen LogP contribution in [0.3, 0.4) is 0 Å². The molecule has 0 aromatic carbocycles. The number of nitrogens with one attached hydrogen (secondary N) is 1. The van der Waals surface area contributed by atoms with Crippen LogP contribution in [0.5, 0.6) is 0 Å². The molecule has 1 aliphatic rings. The maximum Gasteiger partial charge on any atom is 0.260 e. The van der Waals surface area contributed by atoms with Gasteiger partial charge in [0.25, 0.3) is 10.0 Å². The van der Waals surface area contributed by atoms with Gasteiger partial charge in [-0.2, -0.15) is 4.31 Å². The van der Waals surface area contributed by atoms with Crippen LogP contribution >= 0.6 is 0 Å². The maximum atomic E-state index is 12.6. The van der Waals surface area contributed by atoms with Gasteiger partial charge in [-0.15, -0.1) is 0 Å². The molecule has 0 bridgehead atoms. The molecule has 7 heteroatoms. The van der Waals surface area contributed by atoms with E-state index < -0.39 is 10.0 Å². The Hall–Kier alpha value is -1.02. The minimum absolute atomic E-state index is 0.145. The van der Waals surface area contributed by atoms with Crippen molar-refractivity contribution in [1.29, 1.82) is 0 Å². The molecule has 21 heavy (non-hydrogen) atoms. The molecule has 0 atom stereocenters. The molecule has 1 fully saturated rings. The molecule has 0 spiro atoms. The Bertz CT molecular complexity index is 537. The second kappa shape index (κ2) is 7.31. The van der Waals surface area contributed by atoms with E-state index in [-0.39, 0.29) is 5.03 Å². The van der Waals surface area contributed by atoms with Gasteiger partial charge in [0, 0.05) is 38.9 Å². The topological polar surface area (TPSA) is 65.5 Å². The summed E-state index contributed by atoms with van der Waals surface area (Å²) >= 11 is 0. The van der Waals surface area contributed by atoms with Crippen molar-refractivity contribution >= 4 is 10.0 Å². The predicted octanol–water partition coefficient (Wildman–Crippen LogP) is 0.517. The van der Waals surface area contributed by atoms with Crippen LogP contribution in [0, 0.1) is 0 Å². The van der Waals surface area contributed by atoms with Crippen molar-refractivity contribution in [2.24, 2.45) is 0 Å². The van der Waals surface area contributed by atoms with E-state index in [9.17, 15) is 8.42 Å². The number of aromatic nitrogens is 1. The van der Waals surface area contributed by atoms with E-state index in [1.165, 1.54) is 0 Å². The Morgan fingerprint density at radius 1 is 1.24 bits per heavy atom. The minimum atomic E-state index is -3.46. The average molecular weight is 312 g/mol. The van der Waals surface area contributed by atoms with Crippen LogP contribution < -0.4 is 5.32 Å². The summed E-state index contributed by atoms with van der Waals surface area (Å²) in [7, 11) is -1.61. The van der Waals surface area contributed by atoms with E-state index in [1.807, 2.05) is 13.1 Å². The molecule has 0 radical (unpaired) electrons. The lowest BCUT2D eigenvalue weighted by atomic mass is 10.3. The lowest BCUT2D eigenvalue weighted by Gasteiger charge is -2.33. The highest BCUT2D eigenvalue weighted by atomic mass is 32.2. The third kappa shape index (κ3) is 4.00. The van der Waals surface area contributed by atoms with Gasteiger partial charge in [0.15, 0.2) is 5.03 Å². The van der Waals surface area contributed by atoms with Gasteiger partial charge < -0.3 is 10.2 Å². The van der Waals surface area contributed by atoms with Gasteiger partial charge in [0.2, 0.25) is 0 Å². The molecule has 1 aromatic heterocycles. The smallest absolute Gasteiger partial charge is 0.260 e. The fourth-order valence-electron chi connectivity index (χ4n) is 2.51. The molecule has 2 heterocycles. The third-order valence-corrected chi connectivity index (χ3v) is 5.47. The molecule has 0 saturated carbocycles. The molecule has 1 N–H and O–H groups in total. The zero-order valence-corrected chi connectivity index (χ0v) is 13.6. The predicted molar refractivity (Wildman–Crippen MR) is 82.5 cm³/mol. The summed E-state index contributed by atoms with van der Waals surface area (Å²) in [6.45, 7) is 6.54. The maximum absolute atomic E-state index is 12.6. The van der Waals surface area contributed by atoms with Crippen LogP contribution in [0.4, 0.5) is 0 Å². The second-order valence-corrected chi connectivity index (χ2v) is 7.17. The lowest BCUT2D eigenvalue weighted by molar-refractivity contribution is 0.188. The minimum Gasteiger partial charge on any atom is -0.316 e. The highest BCUT2D eigenvalue weighted by Gasteiger charge is 2.29. The number of rotatable bonds is 6. The van der Waals surface area contributed by atoms with Gasteiger partial charge in [-0.25, -0.2) is 13.4 Å². The first-order valence-electron chi connectivity index (χ1n) is 7.40. The van der Waals surface area contributed by atoms with Crippen molar-refractivity contribution < 1.29 is 8.42 Å². The Labute approximate surface area is 127 Å². The molecule has 118 valence electrons. The molecule has 2 rings (SSSR count). The van der Waals surface area contributed by atoms with Crippen LogP contribution in [-0.4, -0.2) is 62.4 Å². The summed E-state index contributed by atoms with van der Waals surface area (Å²) in [6, 6.07) is 3.41. The first kappa shape index (κ1) is 16.4. The first-order chi connectivity index (χ1) is 10.1. The zero-order valence-electron chi connectivity index (χ0n) is 12.7. The molecule has 0 aliphatic carbocycles. The molecular weight excluding hydrogens is 288 g/mol. The molecule has 6 nitrogen and oxygen atoms in total. The molecule has 1 saturated heterocycles. The quantitative estimate of drug-likeness (QED) is 0.829. The highest BCUT2D eigenvalue weighted by Crippen LogP contribution is 2.16. The fraction of sp³-hybridized carbons (Fsp3) is 0.643. The second-order valence-electron chi connectivity index (χ2n) is 5.28. The van der Waals surface area contributed by atoms with E-state index in [2.05, 4.69) is 22.1 Å². The number of pyridine rings is 1. The van der Waals surface area contributed by atoms with Crippen molar-refractivity contribution in [3.05, 3.63) is 23.9 Å².